The van der Waals surface area contributed by atoms with Gasteiger partial charge in [0.25, 0.3) is 0 Å². The maximum absolute atomic E-state index is 13.7. The van der Waals surface area contributed by atoms with E-state index >= 15 is 0 Å². The number of carbonyl (C=O) groups is 2. The first-order valence-electron chi connectivity index (χ1n) is 11.5. The number of furan rings is 1. The minimum Gasteiger partial charge on any atom is -0.493 e. The lowest BCUT2D eigenvalue weighted by atomic mass is 9.86. The van der Waals surface area contributed by atoms with Crippen molar-refractivity contribution in [1.29, 1.82) is 0 Å². The second-order valence-corrected chi connectivity index (χ2v) is 8.87. The zero-order chi connectivity index (χ0) is 24.1. The van der Waals surface area contributed by atoms with Crippen LogP contribution in [0.5, 0.6) is 11.5 Å². The number of rotatable bonds is 5. The lowest BCUT2D eigenvalue weighted by Gasteiger charge is -2.47. The Balaban J connectivity index is 1.49. The second-order valence-electron chi connectivity index (χ2n) is 8.87. The van der Waals surface area contributed by atoms with Gasteiger partial charge in [-0.2, -0.15) is 0 Å². The van der Waals surface area contributed by atoms with Crippen LogP contribution in [-0.2, 0) is 22.6 Å². The topological polar surface area (TPSA) is 88.0 Å². The van der Waals surface area contributed by atoms with Crippen molar-refractivity contribution in [3.63, 3.8) is 0 Å². The summed E-state index contributed by atoms with van der Waals surface area (Å²) in [5.74, 6) is 1.64. The number of hydrogen-bond acceptors (Lipinski definition) is 5. The van der Waals surface area contributed by atoms with Gasteiger partial charge in [-0.25, -0.2) is 0 Å². The molecule has 0 radical (unpaired) electrons. The van der Waals surface area contributed by atoms with Crippen LogP contribution in [0.25, 0.3) is 10.9 Å². The summed E-state index contributed by atoms with van der Waals surface area (Å²) < 4.78 is 16.4. The zero-order valence-electron chi connectivity index (χ0n) is 19.5. The Morgan fingerprint density at radius 3 is 2.63 bits per heavy atom. The monoisotopic (exact) mass is 471 g/mol. The van der Waals surface area contributed by atoms with E-state index in [0.717, 1.165) is 27.7 Å². The van der Waals surface area contributed by atoms with E-state index in [-0.39, 0.29) is 24.9 Å². The summed E-state index contributed by atoms with van der Waals surface area (Å²) in [6.45, 7) is 0.263. The molecular formula is C27H25N3O5. The molecule has 2 aromatic carbocycles. The molecule has 2 aliphatic heterocycles. The molecule has 0 saturated carbocycles. The predicted molar refractivity (Wildman–Crippen MR) is 128 cm³/mol. The molecule has 1 saturated heterocycles. The molecule has 178 valence electrons. The number of amides is 2. The molecule has 2 unspecified atom stereocenters. The van der Waals surface area contributed by atoms with Crippen molar-refractivity contribution in [2.24, 2.45) is 0 Å². The van der Waals surface area contributed by atoms with Gasteiger partial charge in [0.1, 0.15) is 18.3 Å². The summed E-state index contributed by atoms with van der Waals surface area (Å²) in [7, 11) is 3.17. The summed E-state index contributed by atoms with van der Waals surface area (Å²) in [5.41, 5.74) is 3.81. The summed E-state index contributed by atoms with van der Waals surface area (Å²) in [6, 6.07) is 16.2. The SMILES string of the molecule is COc1ccc(C2c3[nH]c4ccccc4c3CC3C(=O)N(Cc4ccco4)CC(=O)N32)cc1OC. The molecule has 2 amide bonds. The highest BCUT2D eigenvalue weighted by atomic mass is 16.5. The van der Waals surface area contributed by atoms with Gasteiger partial charge in [-0.05, 0) is 41.5 Å². The maximum Gasteiger partial charge on any atom is 0.246 e. The Kier molecular flexibility index (Phi) is 5.02. The minimum atomic E-state index is -0.615. The first kappa shape index (κ1) is 21.3. The number of hydrogen-bond donors (Lipinski definition) is 1. The van der Waals surface area contributed by atoms with Gasteiger partial charge >= 0.3 is 0 Å². The quantitative estimate of drug-likeness (QED) is 0.480. The van der Waals surface area contributed by atoms with E-state index in [9.17, 15) is 9.59 Å². The third kappa shape index (κ3) is 3.36. The average molecular weight is 472 g/mol. The molecule has 8 heteroatoms. The Hall–Kier alpha value is -4.20. The minimum absolute atomic E-state index is 0.00458. The first-order valence-corrected chi connectivity index (χ1v) is 11.5. The van der Waals surface area contributed by atoms with Crippen LogP contribution in [-0.4, -0.2) is 53.4 Å². The number of carbonyl (C=O) groups excluding carboxylic acids is 2. The second kappa shape index (κ2) is 8.23. The molecular weight excluding hydrogens is 446 g/mol. The molecule has 4 heterocycles. The Bertz CT molecular complexity index is 1420. The summed E-state index contributed by atoms with van der Waals surface area (Å²) in [4.78, 5) is 34.2. The molecule has 2 aromatic heterocycles. The van der Waals surface area contributed by atoms with E-state index in [2.05, 4.69) is 11.1 Å². The lowest BCUT2D eigenvalue weighted by molar-refractivity contribution is -0.159. The van der Waals surface area contributed by atoms with Crippen LogP contribution >= 0.6 is 0 Å². The van der Waals surface area contributed by atoms with E-state index in [1.54, 1.807) is 36.3 Å². The van der Waals surface area contributed by atoms with Gasteiger partial charge in [0.15, 0.2) is 11.5 Å². The van der Waals surface area contributed by atoms with E-state index in [1.807, 2.05) is 42.5 Å². The van der Waals surface area contributed by atoms with Gasteiger partial charge in [0.2, 0.25) is 11.8 Å². The molecule has 2 aliphatic rings. The Labute approximate surface area is 202 Å². The molecule has 1 N–H and O–H groups in total. The van der Waals surface area contributed by atoms with Crippen LogP contribution in [0.3, 0.4) is 0 Å². The van der Waals surface area contributed by atoms with Gasteiger partial charge in [0.05, 0.1) is 33.1 Å². The Morgan fingerprint density at radius 2 is 1.86 bits per heavy atom. The highest BCUT2D eigenvalue weighted by molar-refractivity contribution is 5.97. The van der Waals surface area contributed by atoms with E-state index in [1.165, 1.54) is 0 Å². The number of piperazine rings is 1. The molecule has 8 nitrogen and oxygen atoms in total. The number of aromatic nitrogens is 1. The van der Waals surface area contributed by atoms with Gasteiger partial charge < -0.3 is 28.7 Å². The third-order valence-corrected chi connectivity index (χ3v) is 6.99. The number of methoxy groups -OCH3 is 2. The molecule has 0 spiro atoms. The predicted octanol–water partition coefficient (Wildman–Crippen LogP) is 3.66. The molecule has 0 bridgehead atoms. The lowest BCUT2D eigenvalue weighted by Crippen LogP contribution is -2.62. The third-order valence-electron chi connectivity index (χ3n) is 6.99. The van der Waals surface area contributed by atoms with Crippen molar-refractivity contribution < 1.29 is 23.5 Å². The van der Waals surface area contributed by atoms with Gasteiger partial charge in [0, 0.05) is 23.0 Å². The largest absolute Gasteiger partial charge is 0.493 e. The van der Waals surface area contributed by atoms with Crippen LogP contribution < -0.4 is 9.47 Å². The number of aromatic amines is 1. The van der Waals surface area contributed by atoms with Gasteiger partial charge in [-0.15, -0.1) is 0 Å². The maximum atomic E-state index is 13.7. The zero-order valence-corrected chi connectivity index (χ0v) is 19.5. The van der Waals surface area contributed by atoms with Gasteiger partial charge in [-0.1, -0.05) is 24.3 Å². The van der Waals surface area contributed by atoms with Crippen molar-refractivity contribution in [1.82, 2.24) is 14.8 Å². The summed E-state index contributed by atoms with van der Waals surface area (Å²) in [6.07, 6.45) is 2.02. The van der Waals surface area contributed by atoms with Crippen LogP contribution in [0.4, 0.5) is 0 Å². The average Bonchev–Trinajstić information content (AvgIpc) is 3.53. The van der Waals surface area contributed by atoms with Crippen LogP contribution in [0, 0.1) is 0 Å². The summed E-state index contributed by atoms with van der Waals surface area (Å²) >= 11 is 0. The highest BCUT2D eigenvalue weighted by Crippen LogP contribution is 2.44. The molecule has 35 heavy (non-hydrogen) atoms. The normalized spacial score (nSPS) is 19.6. The number of nitrogens with one attached hydrogen (secondary N) is 1. The smallest absolute Gasteiger partial charge is 0.246 e. The van der Waals surface area contributed by atoms with E-state index < -0.39 is 12.1 Å². The molecule has 0 aliphatic carbocycles. The number of H-pyrrole nitrogens is 1. The van der Waals surface area contributed by atoms with E-state index in [4.69, 9.17) is 13.9 Å². The fraction of sp³-hybridized carbons (Fsp3) is 0.259. The molecule has 2 atom stereocenters. The molecule has 4 aromatic rings. The number of nitrogens with zero attached hydrogens (tertiary/aromatic N) is 2. The van der Waals surface area contributed by atoms with Crippen LogP contribution in [0.15, 0.2) is 65.3 Å². The van der Waals surface area contributed by atoms with Crippen molar-refractivity contribution in [2.75, 3.05) is 20.8 Å². The Morgan fingerprint density at radius 1 is 1.03 bits per heavy atom. The van der Waals surface area contributed by atoms with Crippen LogP contribution in [0.2, 0.25) is 0 Å². The first-order chi connectivity index (χ1) is 17.1. The molecule has 6 rings (SSSR count). The van der Waals surface area contributed by atoms with Crippen molar-refractivity contribution in [3.05, 3.63) is 83.4 Å². The highest BCUT2D eigenvalue weighted by Gasteiger charge is 2.48. The van der Waals surface area contributed by atoms with Gasteiger partial charge in [-0.3, -0.25) is 9.59 Å². The van der Waals surface area contributed by atoms with E-state index in [0.29, 0.717) is 23.7 Å². The van der Waals surface area contributed by atoms with Crippen LogP contribution in [0.1, 0.15) is 28.6 Å². The number of ether oxygens (including phenoxy) is 2. The van der Waals surface area contributed by atoms with Crippen molar-refractivity contribution in [2.45, 2.75) is 25.0 Å². The standard InChI is InChI=1S/C27H25N3O5/c1-33-22-10-9-16(12-23(22)34-2)26-25-19(18-7-3-4-8-20(18)28-25)13-21-27(32)29(15-24(31)30(21)26)14-17-6-5-11-35-17/h3-12,21,26,28H,13-15H2,1-2H3. The number of para-hydroxylation sites is 1. The fourth-order valence-corrected chi connectivity index (χ4v) is 5.42. The van der Waals surface area contributed by atoms with Crippen molar-refractivity contribution in [3.8, 4) is 11.5 Å². The molecule has 1 fully saturated rings. The summed E-state index contributed by atoms with van der Waals surface area (Å²) in [5, 5.41) is 1.07. The van der Waals surface area contributed by atoms with Crippen molar-refractivity contribution >= 4 is 22.7 Å². The number of fused-ring (bicyclic) bond motifs is 4. The fourth-order valence-electron chi connectivity index (χ4n) is 5.42. The number of benzene rings is 2.